The maximum Gasteiger partial charge on any atom is 0.0561 e. The number of thiophene rings is 1. The van der Waals surface area contributed by atoms with E-state index in [2.05, 4.69) is 191 Å². The fourth-order valence-corrected chi connectivity index (χ4v) is 8.58. The summed E-state index contributed by atoms with van der Waals surface area (Å²) >= 11 is 1.86. The Hall–Kier alpha value is -6.16. The fraction of sp³-hybridized carbons (Fsp3) is 0. The van der Waals surface area contributed by atoms with Crippen molar-refractivity contribution in [3.05, 3.63) is 182 Å². The number of anilines is 3. The monoisotopic (exact) mass is 642 g/mol. The van der Waals surface area contributed by atoms with Crippen molar-refractivity contribution in [2.24, 2.45) is 0 Å². The van der Waals surface area contributed by atoms with Gasteiger partial charge in [-0.25, -0.2) is 0 Å². The molecule has 2 heterocycles. The second-order valence-electron chi connectivity index (χ2n) is 12.6. The highest BCUT2D eigenvalue weighted by Gasteiger charge is 2.19. The Morgan fingerprint density at radius 3 is 1.92 bits per heavy atom. The minimum atomic E-state index is 1.12. The molecule has 0 aliphatic heterocycles. The van der Waals surface area contributed by atoms with E-state index in [4.69, 9.17) is 0 Å². The third kappa shape index (κ3) is 4.55. The molecule has 0 saturated carbocycles. The molecule has 0 bridgehead atoms. The lowest BCUT2D eigenvalue weighted by atomic mass is 10.0. The molecule has 2 nitrogen and oxygen atoms in total. The first-order chi connectivity index (χ1) is 24.3. The lowest BCUT2D eigenvalue weighted by Gasteiger charge is -2.27. The number of hydrogen-bond donors (Lipinski definition) is 0. The van der Waals surface area contributed by atoms with Crippen LogP contribution < -0.4 is 4.90 Å². The summed E-state index contributed by atoms with van der Waals surface area (Å²) in [6.45, 7) is 0. The van der Waals surface area contributed by atoms with Crippen LogP contribution in [0.15, 0.2) is 182 Å². The van der Waals surface area contributed by atoms with Crippen LogP contribution in [-0.4, -0.2) is 4.57 Å². The molecule has 0 amide bonds. The highest BCUT2D eigenvalue weighted by molar-refractivity contribution is 7.25. The maximum atomic E-state index is 2.42. The van der Waals surface area contributed by atoms with Gasteiger partial charge in [0.2, 0.25) is 0 Å². The van der Waals surface area contributed by atoms with Crippen molar-refractivity contribution in [2.75, 3.05) is 4.90 Å². The zero-order valence-electron chi connectivity index (χ0n) is 26.6. The molecule has 0 spiro atoms. The van der Waals surface area contributed by atoms with E-state index < -0.39 is 0 Å². The van der Waals surface area contributed by atoms with Crippen molar-refractivity contribution in [3.8, 4) is 16.8 Å². The van der Waals surface area contributed by atoms with Gasteiger partial charge < -0.3 is 9.47 Å². The fourth-order valence-electron chi connectivity index (χ4n) is 7.50. The lowest BCUT2D eigenvalue weighted by molar-refractivity contribution is 1.18. The van der Waals surface area contributed by atoms with Crippen LogP contribution in [0.25, 0.3) is 69.6 Å². The highest BCUT2D eigenvalue weighted by atomic mass is 32.1. The zero-order valence-corrected chi connectivity index (χ0v) is 27.4. The van der Waals surface area contributed by atoms with Gasteiger partial charge in [0.05, 0.1) is 16.7 Å². The molecule has 8 aromatic carbocycles. The average Bonchev–Trinajstić information content (AvgIpc) is 3.70. The summed E-state index contributed by atoms with van der Waals surface area (Å²) in [5.41, 5.74) is 9.38. The molecule has 230 valence electrons. The number of hydrogen-bond acceptors (Lipinski definition) is 2. The van der Waals surface area contributed by atoms with E-state index in [1.807, 2.05) is 11.3 Å². The smallest absolute Gasteiger partial charge is 0.0561 e. The molecule has 0 fully saturated rings. The number of rotatable bonds is 5. The summed E-state index contributed by atoms with van der Waals surface area (Å²) in [6.07, 6.45) is 0. The van der Waals surface area contributed by atoms with E-state index in [1.54, 1.807) is 0 Å². The van der Waals surface area contributed by atoms with E-state index in [1.165, 1.54) is 63.9 Å². The average molecular weight is 643 g/mol. The quantitative estimate of drug-likeness (QED) is 0.181. The van der Waals surface area contributed by atoms with Crippen LogP contribution >= 0.6 is 11.3 Å². The Morgan fingerprint density at radius 2 is 1.06 bits per heavy atom. The molecular weight excluding hydrogens is 613 g/mol. The molecule has 10 rings (SSSR count). The Kier molecular flexibility index (Phi) is 6.39. The molecule has 49 heavy (non-hydrogen) atoms. The van der Waals surface area contributed by atoms with E-state index in [0.29, 0.717) is 0 Å². The van der Waals surface area contributed by atoms with Crippen LogP contribution in [0, 0.1) is 0 Å². The van der Waals surface area contributed by atoms with Crippen LogP contribution in [0.5, 0.6) is 0 Å². The third-order valence-electron chi connectivity index (χ3n) is 9.75. The van der Waals surface area contributed by atoms with Crippen molar-refractivity contribution in [3.63, 3.8) is 0 Å². The van der Waals surface area contributed by atoms with Crippen LogP contribution in [0.2, 0.25) is 0 Å². The highest BCUT2D eigenvalue weighted by Crippen LogP contribution is 2.43. The molecule has 0 N–H and O–H groups in total. The summed E-state index contributed by atoms with van der Waals surface area (Å²) in [6, 6.07) is 66.2. The van der Waals surface area contributed by atoms with Crippen molar-refractivity contribution >= 4 is 81.1 Å². The van der Waals surface area contributed by atoms with Crippen molar-refractivity contribution in [1.29, 1.82) is 0 Å². The second kappa shape index (κ2) is 11.2. The minimum Gasteiger partial charge on any atom is -0.310 e. The van der Waals surface area contributed by atoms with Gasteiger partial charge >= 0.3 is 0 Å². The summed E-state index contributed by atoms with van der Waals surface area (Å²) in [4.78, 5) is 2.39. The van der Waals surface area contributed by atoms with Crippen LogP contribution in [0.1, 0.15) is 0 Å². The number of para-hydroxylation sites is 2. The molecule has 0 unspecified atom stereocenters. The normalized spacial score (nSPS) is 11.7. The predicted molar refractivity (Wildman–Crippen MR) is 211 cm³/mol. The Bertz CT molecular complexity index is 2820. The molecule has 3 heteroatoms. The minimum absolute atomic E-state index is 1.12. The Balaban J connectivity index is 1.21. The van der Waals surface area contributed by atoms with Gasteiger partial charge in [0.15, 0.2) is 0 Å². The summed E-state index contributed by atoms with van der Waals surface area (Å²) in [5.74, 6) is 0. The number of fused-ring (bicyclic) bond motifs is 7. The molecule has 0 atom stereocenters. The van der Waals surface area contributed by atoms with E-state index in [0.717, 1.165) is 22.7 Å². The topological polar surface area (TPSA) is 8.17 Å². The summed E-state index contributed by atoms with van der Waals surface area (Å²) in [7, 11) is 0. The molecule has 10 aromatic rings. The molecular formula is C46H30N2S. The van der Waals surface area contributed by atoms with Gasteiger partial charge in [0, 0.05) is 53.4 Å². The van der Waals surface area contributed by atoms with Gasteiger partial charge in [-0.05, 0) is 89.3 Å². The second-order valence-corrected chi connectivity index (χ2v) is 13.7. The van der Waals surface area contributed by atoms with Crippen LogP contribution in [-0.2, 0) is 0 Å². The van der Waals surface area contributed by atoms with Gasteiger partial charge in [-0.1, -0.05) is 109 Å². The van der Waals surface area contributed by atoms with Crippen molar-refractivity contribution in [2.45, 2.75) is 0 Å². The van der Waals surface area contributed by atoms with Gasteiger partial charge in [0.25, 0.3) is 0 Å². The van der Waals surface area contributed by atoms with E-state index >= 15 is 0 Å². The Labute approximate surface area is 288 Å². The number of nitrogens with zero attached hydrogens (tertiary/aromatic N) is 2. The number of benzene rings is 8. The van der Waals surface area contributed by atoms with E-state index in [-0.39, 0.29) is 0 Å². The molecule has 2 aromatic heterocycles. The maximum absolute atomic E-state index is 2.42. The third-order valence-corrected chi connectivity index (χ3v) is 10.9. The van der Waals surface area contributed by atoms with Crippen molar-refractivity contribution in [1.82, 2.24) is 4.57 Å². The first kappa shape index (κ1) is 27.9. The predicted octanol–water partition coefficient (Wildman–Crippen LogP) is 13.4. The first-order valence-corrected chi connectivity index (χ1v) is 17.5. The largest absolute Gasteiger partial charge is 0.310 e. The standard InChI is InChI=1S/C46H30N2S/c1-3-14-34(15-4-1)47(42-20-11-13-31-12-7-8-18-37(31)42)36-24-25-38-40-28-32(22-26-43(40)48(44(38)30-36)35-16-5-2-6-17-35)33-23-27-46-41(29-33)39-19-9-10-21-45(39)49-46/h1-30H. The van der Waals surface area contributed by atoms with E-state index in [9.17, 15) is 0 Å². The molecule has 0 radical (unpaired) electrons. The van der Waals surface area contributed by atoms with Gasteiger partial charge in [0.1, 0.15) is 0 Å². The first-order valence-electron chi connectivity index (χ1n) is 16.7. The zero-order chi connectivity index (χ0) is 32.3. The lowest BCUT2D eigenvalue weighted by Crippen LogP contribution is -2.10. The SMILES string of the molecule is c1ccc(N(c2ccc3c4cc(-c5ccc6sc7ccccc7c6c5)ccc4n(-c4ccccc4)c3c2)c2cccc3ccccc23)cc1. The summed E-state index contributed by atoms with van der Waals surface area (Å²) in [5, 5.41) is 7.57. The molecule has 0 aliphatic rings. The molecule has 0 aliphatic carbocycles. The Morgan fingerprint density at radius 1 is 0.388 bits per heavy atom. The molecule has 0 saturated heterocycles. The van der Waals surface area contributed by atoms with Gasteiger partial charge in [-0.15, -0.1) is 11.3 Å². The van der Waals surface area contributed by atoms with Crippen LogP contribution in [0.4, 0.5) is 17.1 Å². The summed E-state index contributed by atoms with van der Waals surface area (Å²) < 4.78 is 5.08. The van der Waals surface area contributed by atoms with Gasteiger partial charge in [-0.2, -0.15) is 0 Å². The van der Waals surface area contributed by atoms with Crippen LogP contribution in [0.3, 0.4) is 0 Å². The van der Waals surface area contributed by atoms with Gasteiger partial charge in [-0.3, -0.25) is 0 Å². The van der Waals surface area contributed by atoms with Crippen molar-refractivity contribution < 1.29 is 0 Å². The number of aromatic nitrogens is 1.